The Hall–Kier alpha value is -3.09. The van der Waals surface area contributed by atoms with Crippen molar-refractivity contribution < 1.29 is 23.9 Å². The van der Waals surface area contributed by atoms with Crippen LogP contribution in [0.25, 0.3) is 0 Å². The fourth-order valence-corrected chi connectivity index (χ4v) is 3.22. The number of carbonyl (C=O) groups excluding carboxylic acids is 2. The minimum atomic E-state index is -0.842. The van der Waals surface area contributed by atoms with E-state index in [0.29, 0.717) is 25.1 Å². The summed E-state index contributed by atoms with van der Waals surface area (Å²) in [5, 5.41) is 11.6. The topological polar surface area (TPSA) is 99.9 Å². The Balaban J connectivity index is 1.64. The van der Waals surface area contributed by atoms with Crippen LogP contribution in [0.1, 0.15) is 41.8 Å². The molecule has 1 aliphatic rings. The Labute approximate surface area is 157 Å². The number of likely N-dealkylation sites (tertiary alicyclic amines) is 1. The van der Waals surface area contributed by atoms with Crippen molar-refractivity contribution in [1.29, 1.82) is 0 Å². The van der Waals surface area contributed by atoms with E-state index in [1.165, 1.54) is 6.26 Å². The van der Waals surface area contributed by atoms with Crippen LogP contribution in [0.4, 0.5) is 5.69 Å². The fourth-order valence-electron chi connectivity index (χ4n) is 3.22. The third-order valence-electron chi connectivity index (χ3n) is 4.65. The average molecular weight is 370 g/mol. The molecule has 2 heterocycles. The lowest BCUT2D eigenvalue weighted by Gasteiger charge is -2.34. The van der Waals surface area contributed by atoms with E-state index in [1.807, 2.05) is 0 Å². The lowest BCUT2D eigenvalue weighted by atomic mass is 10.0. The van der Waals surface area contributed by atoms with Gasteiger partial charge in [-0.1, -0.05) is 12.1 Å². The molecule has 1 aromatic carbocycles. The molecule has 0 bridgehead atoms. The summed E-state index contributed by atoms with van der Waals surface area (Å²) < 4.78 is 5.18. The largest absolute Gasteiger partial charge is 0.481 e. The van der Waals surface area contributed by atoms with E-state index in [-0.39, 0.29) is 24.0 Å². The van der Waals surface area contributed by atoms with E-state index in [0.717, 1.165) is 18.4 Å². The summed E-state index contributed by atoms with van der Waals surface area (Å²) >= 11 is 0. The van der Waals surface area contributed by atoms with E-state index in [2.05, 4.69) is 5.32 Å². The van der Waals surface area contributed by atoms with Gasteiger partial charge in [0.2, 0.25) is 5.91 Å². The Kier molecular flexibility index (Phi) is 5.90. The van der Waals surface area contributed by atoms with Gasteiger partial charge in [-0.3, -0.25) is 14.4 Å². The minimum absolute atomic E-state index is 0.0671. The molecule has 2 N–H and O–H groups in total. The summed E-state index contributed by atoms with van der Waals surface area (Å²) in [6.07, 6.45) is 4.30. The number of aryl methyl sites for hydroxylation is 1. The molecule has 1 saturated heterocycles. The summed E-state index contributed by atoms with van der Waals surface area (Å²) in [5.74, 6) is -1.11. The molecule has 0 radical (unpaired) electrons. The first-order valence-corrected chi connectivity index (χ1v) is 9.00. The Morgan fingerprint density at radius 1 is 1.15 bits per heavy atom. The summed E-state index contributed by atoms with van der Waals surface area (Å²) in [6.45, 7) is 0.520. The quantitative estimate of drug-likeness (QED) is 0.814. The van der Waals surface area contributed by atoms with Crippen LogP contribution in [0.3, 0.4) is 0 Å². The number of anilines is 1. The predicted octanol–water partition coefficient (Wildman–Crippen LogP) is 2.93. The molecule has 0 aliphatic carbocycles. The Bertz CT molecular complexity index is 798. The van der Waals surface area contributed by atoms with E-state index in [1.54, 1.807) is 41.3 Å². The first kappa shape index (κ1) is 18.7. The molecule has 1 fully saturated rings. The van der Waals surface area contributed by atoms with Gasteiger partial charge in [-0.2, -0.15) is 0 Å². The summed E-state index contributed by atoms with van der Waals surface area (Å²) in [4.78, 5) is 37.5. The van der Waals surface area contributed by atoms with Gasteiger partial charge in [-0.15, -0.1) is 0 Å². The van der Waals surface area contributed by atoms with Crippen LogP contribution < -0.4 is 5.32 Å². The van der Waals surface area contributed by atoms with Crippen LogP contribution in [-0.4, -0.2) is 40.4 Å². The van der Waals surface area contributed by atoms with Crippen LogP contribution >= 0.6 is 0 Å². The molecule has 3 rings (SSSR count). The molecule has 1 aromatic heterocycles. The van der Waals surface area contributed by atoms with Gasteiger partial charge in [0.1, 0.15) is 6.04 Å². The number of furan rings is 1. The first-order chi connectivity index (χ1) is 13.0. The zero-order valence-corrected chi connectivity index (χ0v) is 14.9. The van der Waals surface area contributed by atoms with Crippen molar-refractivity contribution in [1.82, 2.24) is 4.90 Å². The molecule has 2 amide bonds. The lowest BCUT2D eigenvalue weighted by molar-refractivity contribution is -0.137. The van der Waals surface area contributed by atoms with Crippen LogP contribution in [0.5, 0.6) is 0 Å². The molecule has 7 nitrogen and oxygen atoms in total. The maximum atomic E-state index is 12.7. The van der Waals surface area contributed by atoms with Gasteiger partial charge in [-0.05, 0) is 55.5 Å². The Morgan fingerprint density at radius 3 is 2.59 bits per heavy atom. The van der Waals surface area contributed by atoms with Crippen LogP contribution in [-0.2, 0) is 16.0 Å². The van der Waals surface area contributed by atoms with Crippen LogP contribution in [0.15, 0.2) is 47.1 Å². The van der Waals surface area contributed by atoms with Crippen molar-refractivity contribution in [3.63, 3.8) is 0 Å². The molecule has 27 heavy (non-hydrogen) atoms. The zero-order chi connectivity index (χ0) is 19.2. The smallest absolute Gasteiger partial charge is 0.303 e. The first-order valence-electron chi connectivity index (χ1n) is 9.00. The molecule has 0 saturated carbocycles. The molecule has 1 atom stereocenters. The van der Waals surface area contributed by atoms with Crippen LogP contribution in [0.2, 0.25) is 0 Å². The van der Waals surface area contributed by atoms with Crippen molar-refractivity contribution in [2.24, 2.45) is 0 Å². The van der Waals surface area contributed by atoms with Crippen molar-refractivity contribution in [3.05, 3.63) is 54.0 Å². The average Bonchev–Trinajstić information content (AvgIpc) is 3.21. The monoisotopic (exact) mass is 370 g/mol. The molecule has 7 heteroatoms. The number of piperidine rings is 1. The number of benzene rings is 1. The molecule has 1 aliphatic heterocycles. The van der Waals surface area contributed by atoms with Crippen LogP contribution in [0, 0.1) is 0 Å². The minimum Gasteiger partial charge on any atom is -0.481 e. The molecular formula is C20H22N2O5. The Morgan fingerprint density at radius 2 is 1.93 bits per heavy atom. The standard InChI is InChI=1S/C20H22N2O5/c23-18(24)11-8-14-6-9-15(10-7-14)21-19(25)16-4-1-2-12-22(16)20(26)17-5-3-13-27-17/h3,5-7,9-10,13,16H,1-2,4,8,11-12H2,(H,21,25)(H,23,24). The van der Waals surface area contributed by atoms with Gasteiger partial charge < -0.3 is 19.7 Å². The number of amides is 2. The zero-order valence-electron chi connectivity index (χ0n) is 14.9. The highest BCUT2D eigenvalue weighted by Gasteiger charge is 2.33. The number of carbonyl (C=O) groups is 3. The highest BCUT2D eigenvalue weighted by atomic mass is 16.4. The second-order valence-corrected chi connectivity index (χ2v) is 6.57. The van der Waals surface area contributed by atoms with Gasteiger partial charge in [0.05, 0.1) is 6.26 Å². The maximum absolute atomic E-state index is 12.7. The molecule has 142 valence electrons. The summed E-state index contributed by atoms with van der Waals surface area (Å²) in [5.41, 5.74) is 1.51. The highest BCUT2D eigenvalue weighted by Crippen LogP contribution is 2.22. The number of hydrogen-bond acceptors (Lipinski definition) is 4. The van der Waals surface area contributed by atoms with Gasteiger partial charge in [0.25, 0.3) is 5.91 Å². The molecule has 2 aromatic rings. The van der Waals surface area contributed by atoms with E-state index < -0.39 is 12.0 Å². The second kappa shape index (κ2) is 8.53. The second-order valence-electron chi connectivity index (χ2n) is 6.57. The number of carboxylic acids is 1. The van der Waals surface area contributed by atoms with Crippen molar-refractivity contribution in [2.75, 3.05) is 11.9 Å². The fraction of sp³-hybridized carbons (Fsp3) is 0.350. The normalized spacial score (nSPS) is 16.7. The number of nitrogens with one attached hydrogen (secondary N) is 1. The van der Waals surface area contributed by atoms with Crippen molar-refractivity contribution >= 4 is 23.5 Å². The third-order valence-corrected chi connectivity index (χ3v) is 4.65. The predicted molar refractivity (Wildman–Crippen MR) is 98.4 cm³/mol. The lowest BCUT2D eigenvalue weighted by Crippen LogP contribution is -2.49. The summed E-state index contributed by atoms with van der Waals surface area (Å²) in [6, 6.07) is 9.80. The van der Waals surface area contributed by atoms with Crippen molar-refractivity contribution in [3.8, 4) is 0 Å². The highest BCUT2D eigenvalue weighted by molar-refractivity contribution is 6.00. The van der Waals surface area contributed by atoms with Gasteiger partial charge in [0, 0.05) is 18.7 Å². The maximum Gasteiger partial charge on any atom is 0.303 e. The van der Waals surface area contributed by atoms with E-state index >= 15 is 0 Å². The summed E-state index contributed by atoms with van der Waals surface area (Å²) in [7, 11) is 0. The third kappa shape index (κ3) is 4.75. The van der Waals surface area contributed by atoms with Gasteiger partial charge in [-0.25, -0.2) is 0 Å². The van der Waals surface area contributed by atoms with Crippen molar-refractivity contribution in [2.45, 2.75) is 38.1 Å². The number of hydrogen-bond donors (Lipinski definition) is 2. The van der Waals surface area contributed by atoms with E-state index in [9.17, 15) is 14.4 Å². The number of carboxylic acid groups (broad SMARTS) is 1. The molecule has 0 spiro atoms. The molecule has 1 unspecified atom stereocenters. The molecular weight excluding hydrogens is 348 g/mol. The number of rotatable bonds is 6. The number of aliphatic carboxylic acids is 1. The SMILES string of the molecule is O=C(O)CCc1ccc(NC(=O)C2CCCCN2C(=O)c2ccco2)cc1. The van der Waals surface area contributed by atoms with Gasteiger partial charge in [0.15, 0.2) is 5.76 Å². The number of nitrogens with zero attached hydrogens (tertiary/aromatic N) is 1. The van der Waals surface area contributed by atoms with Gasteiger partial charge >= 0.3 is 5.97 Å². The van der Waals surface area contributed by atoms with E-state index in [4.69, 9.17) is 9.52 Å².